The van der Waals surface area contributed by atoms with Crippen LogP contribution in [0.2, 0.25) is 0 Å². The lowest BCUT2D eigenvalue weighted by molar-refractivity contribution is 0.185. The van der Waals surface area contributed by atoms with E-state index in [1.54, 1.807) is 12.6 Å². The lowest BCUT2D eigenvalue weighted by Crippen LogP contribution is -2.49. The van der Waals surface area contributed by atoms with Crippen LogP contribution in [0.1, 0.15) is 81.4 Å². The highest BCUT2D eigenvalue weighted by molar-refractivity contribution is 5.84. The molecule has 2 aromatic carbocycles. The van der Waals surface area contributed by atoms with E-state index in [1.807, 2.05) is 36.7 Å². The van der Waals surface area contributed by atoms with E-state index in [4.69, 9.17) is 4.42 Å². The molecule has 4 aromatic rings. The monoisotopic (exact) mass is 496 g/mol. The van der Waals surface area contributed by atoms with Gasteiger partial charge >= 0.3 is 0 Å². The summed E-state index contributed by atoms with van der Waals surface area (Å²) in [4.78, 5) is 13.9. The van der Waals surface area contributed by atoms with Gasteiger partial charge in [-0.2, -0.15) is 0 Å². The van der Waals surface area contributed by atoms with Crippen molar-refractivity contribution in [3.05, 3.63) is 81.7 Å². The SMILES string of the molecule is Cc1cc(C(C)NC2(C)CCC2)cc2c(=O)c(-c3cccc(C4(c5nncn5C)CC(C)C4)c3)coc12. The number of hydrogen-bond donors (Lipinski definition) is 1. The fourth-order valence-corrected chi connectivity index (χ4v) is 6.73. The van der Waals surface area contributed by atoms with Gasteiger partial charge in [-0.3, -0.25) is 4.79 Å². The van der Waals surface area contributed by atoms with Gasteiger partial charge in [-0.15, -0.1) is 10.2 Å². The zero-order chi connectivity index (χ0) is 25.9. The van der Waals surface area contributed by atoms with Crippen LogP contribution in [-0.4, -0.2) is 20.3 Å². The standard InChI is InChI=1S/C31H36N4O2/c1-19-15-31(16-19,29-34-32-18-35(29)5)24-9-6-8-22(13-24)26-17-37-28-20(2)12-23(14-25(28)27(26)36)21(3)33-30(4)10-7-11-30/h6,8-9,12-14,17-19,21,33H,7,10-11,15-16H2,1-5H3. The summed E-state index contributed by atoms with van der Waals surface area (Å²) in [5, 5.41) is 13.1. The van der Waals surface area contributed by atoms with Crippen LogP contribution in [0.4, 0.5) is 0 Å². The first-order valence-corrected chi connectivity index (χ1v) is 13.5. The second-order valence-corrected chi connectivity index (χ2v) is 11.9. The third kappa shape index (κ3) is 3.93. The summed E-state index contributed by atoms with van der Waals surface area (Å²) in [5.41, 5.74) is 5.45. The first-order valence-electron chi connectivity index (χ1n) is 13.5. The van der Waals surface area contributed by atoms with Gasteiger partial charge in [0.15, 0.2) is 0 Å². The van der Waals surface area contributed by atoms with E-state index in [0.717, 1.165) is 35.4 Å². The highest BCUT2D eigenvalue weighted by Crippen LogP contribution is 2.51. The third-order valence-corrected chi connectivity index (χ3v) is 8.86. The van der Waals surface area contributed by atoms with E-state index in [-0.39, 0.29) is 22.4 Å². The number of benzene rings is 2. The number of nitrogens with zero attached hydrogens (tertiary/aromatic N) is 3. The molecule has 6 rings (SSSR count). The van der Waals surface area contributed by atoms with Crippen molar-refractivity contribution in [1.29, 1.82) is 0 Å². The average molecular weight is 497 g/mol. The molecule has 0 spiro atoms. The molecule has 2 aliphatic carbocycles. The van der Waals surface area contributed by atoms with E-state index in [1.165, 1.54) is 24.8 Å². The van der Waals surface area contributed by atoms with Crippen LogP contribution in [0, 0.1) is 12.8 Å². The molecule has 0 radical (unpaired) electrons. The summed E-state index contributed by atoms with van der Waals surface area (Å²) in [5.74, 6) is 1.60. The maximum atomic E-state index is 13.9. The summed E-state index contributed by atoms with van der Waals surface area (Å²) in [6.07, 6.45) is 9.09. The summed E-state index contributed by atoms with van der Waals surface area (Å²) in [6, 6.07) is 12.7. The quantitative estimate of drug-likeness (QED) is 0.344. The molecule has 1 N–H and O–H groups in total. The van der Waals surface area contributed by atoms with Gasteiger partial charge in [-0.05, 0) is 93.2 Å². The molecule has 2 saturated carbocycles. The highest BCUT2D eigenvalue weighted by Gasteiger charge is 2.48. The largest absolute Gasteiger partial charge is 0.463 e. The number of rotatable bonds is 6. The average Bonchev–Trinajstić information content (AvgIpc) is 3.27. The van der Waals surface area contributed by atoms with Crippen molar-refractivity contribution < 1.29 is 4.42 Å². The van der Waals surface area contributed by atoms with Crippen LogP contribution in [0.5, 0.6) is 0 Å². The Kier molecular flexibility index (Phi) is 5.64. The van der Waals surface area contributed by atoms with Crippen molar-refractivity contribution in [2.45, 2.75) is 76.8 Å². The van der Waals surface area contributed by atoms with Crippen molar-refractivity contribution in [3.63, 3.8) is 0 Å². The number of nitrogens with one attached hydrogen (secondary N) is 1. The molecule has 0 amide bonds. The van der Waals surface area contributed by atoms with Crippen molar-refractivity contribution in [1.82, 2.24) is 20.1 Å². The molecule has 1 atom stereocenters. The van der Waals surface area contributed by atoms with Gasteiger partial charge in [0.05, 0.1) is 16.4 Å². The van der Waals surface area contributed by atoms with E-state index < -0.39 is 0 Å². The molecule has 2 heterocycles. The first-order chi connectivity index (χ1) is 17.7. The fourth-order valence-electron chi connectivity index (χ4n) is 6.73. The number of aromatic nitrogens is 3. The van der Waals surface area contributed by atoms with Gasteiger partial charge in [0.1, 0.15) is 24.0 Å². The normalized spacial score (nSPS) is 23.4. The van der Waals surface area contributed by atoms with E-state index >= 15 is 0 Å². The molecule has 2 aromatic heterocycles. The fraction of sp³-hybridized carbons (Fsp3) is 0.452. The molecule has 2 fully saturated rings. The van der Waals surface area contributed by atoms with E-state index in [9.17, 15) is 4.79 Å². The minimum absolute atomic E-state index is 0.0140. The predicted octanol–water partition coefficient (Wildman–Crippen LogP) is 6.21. The molecule has 6 nitrogen and oxygen atoms in total. The van der Waals surface area contributed by atoms with E-state index in [2.05, 4.69) is 54.5 Å². The Morgan fingerprint density at radius 3 is 2.62 bits per heavy atom. The minimum atomic E-state index is -0.180. The maximum Gasteiger partial charge on any atom is 0.200 e. The van der Waals surface area contributed by atoms with Gasteiger partial charge in [0.25, 0.3) is 0 Å². The zero-order valence-corrected chi connectivity index (χ0v) is 22.5. The molecular weight excluding hydrogens is 460 g/mol. The molecular formula is C31H36N4O2. The molecule has 6 heteroatoms. The molecule has 2 aliphatic rings. The van der Waals surface area contributed by atoms with Gasteiger partial charge < -0.3 is 14.3 Å². The van der Waals surface area contributed by atoms with Crippen LogP contribution in [-0.2, 0) is 12.5 Å². The molecule has 0 bridgehead atoms. The Morgan fingerprint density at radius 2 is 1.97 bits per heavy atom. The summed E-state index contributed by atoms with van der Waals surface area (Å²) in [7, 11) is 2.00. The van der Waals surface area contributed by atoms with E-state index in [0.29, 0.717) is 22.5 Å². The van der Waals surface area contributed by atoms with Crippen LogP contribution in [0.25, 0.3) is 22.1 Å². The second kappa shape index (κ2) is 8.66. The van der Waals surface area contributed by atoms with Gasteiger partial charge in [-0.25, -0.2) is 0 Å². The zero-order valence-electron chi connectivity index (χ0n) is 22.5. The lowest BCUT2D eigenvalue weighted by Gasteiger charge is -2.46. The molecule has 192 valence electrons. The van der Waals surface area contributed by atoms with Crippen LogP contribution < -0.4 is 10.7 Å². The van der Waals surface area contributed by atoms with Crippen LogP contribution >= 0.6 is 0 Å². The highest BCUT2D eigenvalue weighted by atomic mass is 16.3. The Balaban J connectivity index is 1.41. The predicted molar refractivity (Wildman–Crippen MR) is 147 cm³/mol. The topological polar surface area (TPSA) is 73.0 Å². The molecule has 1 unspecified atom stereocenters. The van der Waals surface area contributed by atoms with Crippen molar-refractivity contribution >= 4 is 11.0 Å². The van der Waals surface area contributed by atoms with Gasteiger partial charge in [0, 0.05) is 18.6 Å². The first kappa shape index (κ1) is 24.1. The van der Waals surface area contributed by atoms with Gasteiger partial charge in [0.2, 0.25) is 5.43 Å². The Bertz CT molecular complexity index is 1540. The van der Waals surface area contributed by atoms with Crippen molar-refractivity contribution in [2.75, 3.05) is 0 Å². The summed E-state index contributed by atoms with van der Waals surface area (Å²) >= 11 is 0. The Hall–Kier alpha value is -3.25. The molecule has 0 saturated heterocycles. The van der Waals surface area contributed by atoms with Crippen molar-refractivity contribution in [2.24, 2.45) is 13.0 Å². The van der Waals surface area contributed by atoms with Crippen molar-refractivity contribution in [3.8, 4) is 11.1 Å². The second-order valence-electron chi connectivity index (χ2n) is 11.9. The lowest BCUT2D eigenvalue weighted by atomic mass is 9.58. The minimum Gasteiger partial charge on any atom is -0.463 e. The number of aryl methyl sites for hydroxylation is 2. The smallest absolute Gasteiger partial charge is 0.200 e. The Labute approximate surface area is 218 Å². The molecule has 0 aliphatic heterocycles. The molecule has 37 heavy (non-hydrogen) atoms. The summed E-state index contributed by atoms with van der Waals surface area (Å²) < 4.78 is 8.12. The van der Waals surface area contributed by atoms with Gasteiger partial charge in [-0.1, -0.05) is 31.2 Å². The third-order valence-electron chi connectivity index (χ3n) is 8.86. The Morgan fingerprint density at radius 1 is 1.19 bits per heavy atom. The maximum absolute atomic E-state index is 13.9. The number of fused-ring (bicyclic) bond motifs is 1. The summed E-state index contributed by atoms with van der Waals surface area (Å²) in [6.45, 7) is 8.77. The van der Waals surface area contributed by atoms with Crippen LogP contribution in [0.15, 0.2) is 58.2 Å². The number of hydrogen-bond acceptors (Lipinski definition) is 5. The van der Waals surface area contributed by atoms with Crippen LogP contribution in [0.3, 0.4) is 0 Å².